The first kappa shape index (κ1) is 23.2. The molecule has 1 unspecified atom stereocenters. The van der Waals surface area contributed by atoms with Crippen molar-refractivity contribution in [3.63, 3.8) is 0 Å². The summed E-state index contributed by atoms with van der Waals surface area (Å²) in [5.74, 6) is 0.741. The Morgan fingerprint density at radius 1 is 1.12 bits per heavy atom. The Bertz CT molecular complexity index is 951. The number of aromatic nitrogens is 1. The Kier molecular flexibility index (Phi) is 7.57. The number of rotatable bonds is 7. The Morgan fingerprint density at radius 2 is 1.94 bits per heavy atom. The largest absolute Gasteiger partial charge is 0.497 e. The van der Waals surface area contributed by atoms with Gasteiger partial charge in [-0.1, -0.05) is 38.3 Å². The molecule has 0 bridgehead atoms. The van der Waals surface area contributed by atoms with Crippen LogP contribution in [0.25, 0.3) is 0 Å². The summed E-state index contributed by atoms with van der Waals surface area (Å²) in [7, 11) is 1.65. The number of hydrogen-bond donors (Lipinski definition) is 1. The van der Waals surface area contributed by atoms with Crippen molar-refractivity contribution in [2.75, 3.05) is 26.7 Å². The summed E-state index contributed by atoms with van der Waals surface area (Å²) in [5, 5.41) is 3.18. The van der Waals surface area contributed by atoms with E-state index < -0.39 is 0 Å². The molecule has 1 saturated carbocycles. The highest BCUT2D eigenvalue weighted by molar-refractivity contribution is 5.85. The van der Waals surface area contributed by atoms with Crippen LogP contribution in [-0.4, -0.2) is 59.1 Å². The third-order valence-electron chi connectivity index (χ3n) is 6.81. The molecule has 0 radical (unpaired) electrons. The predicted molar refractivity (Wildman–Crippen MR) is 128 cm³/mol. The SMILES string of the molecule is CCCN(CC(=O)N1CCn2cccc2C1c1cccc(OC)c1)C(=O)NC1CCCCC1. The zero-order valence-corrected chi connectivity index (χ0v) is 19.8. The summed E-state index contributed by atoms with van der Waals surface area (Å²) < 4.78 is 7.64. The lowest BCUT2D eigenvalue weighted by molar-refractivity contribution is -0.134. The molecule has 1 fully saturated rings. The van der Waals surface area contributed by atoms with Crippen LogP contribution in [-0.2, 0) is 11.3 Å². The molecule has 7 nitrogen and oxygen atoms in total. The number of fused-ring (bicyclic) bond motifs is 1. The first-order valence-corrected chi connectivity index (χ1v) is 12.2. The average Bonchev–Trinajstić information content (AvgIpc) is 3.32. The molecule has 3 amide bonds. The molecule has 33 heavy (non-hydrogen) atoms. The van der Waals surface area contributed by atoms with E-state index in [2.05, 4.69) is 22.1 Å². The van der Waals surface area contributed by atoms with E-state index in [0.29, 0.717) is 13.1 Å². The zero-order valence-electron chi connectivity index (χ0n) is 19.8. The summed E-state index contributed by atoms with van der Waals surface area (Å²) in [6, 6.07) is 11.9. The molecule has 1 atom stereocenters. The first-order valence-electron chi connectivity index (χ1n) is 12.2. The Hall–Kier alpha value is -2.96. The molecule has 0 spiro atoms. The summed E-state index contributed by atoms with van der Waals surface area (Å²) >= 11 is 0. The number of amides is 3. The maximum Gasteiger partial charge on any atom is 0.318 e. The van der Waals surface area contributed by atoms with Crippen LogP contribution >= 0.6 is 0 Å². The smallest absolute Gasteiger partial charge is 0.318 e. The average molecular weight is 453 g/mol. The first-order chi connectivity index (χ1) is 16.1. The van der Waals surface area contributed by atoms with Crippen LogP contribution in [0, 0.1) is 0 Å². The fraction of sp³-hybridized carbons (Fsp3) is 0.538. The summed E-state index contributed by atoms with van der Waals surface area (Å²) in [6.45, 7) is 4.05. The second kappa shape index (κ2) is 10.8. The monoisotopic (exact) mass is 452 g/mol. The molecule has 1 aromatic carbocycles. The van der Waals surface area contributed by atoms with Gasteiger partial charge in [-0.05, 0) is 49.1 Å². The minimum atomic E-state index is -0.207. The highest BCUT2D eigenvalue weighted by atomic mass is 16.5. The molecule has 1 N–H and O–H groups in total. The lowest BCUT2D eigenvalue weighted by Crippen LogP contribution is -2.51. The molecule has 7 heteroatoms. The predicted octanol–water partition coefficient (Wildman–Crippen LogP) is 4.18. The maximum absolute atomic E-state index is 13.6. The van der Waals surface area contributed by atoms with Gasteiger partial charge in [0.25, 0.3) is 0 Å². The van der Waals surface area contributed by atoms with Gasteiger partial charge in [0.15, 0.2) is 0 Å². The summed E-state index contributed by atoms with van der Waals surface area (Å²) in [6.07, 6.45) is 8.49. The Labute approximate surface area is 196 Å². The lowest BCUT2D eigenvalue weighted by Gasteiger charge is -2.38. The van der Waals surface area contributed by atoms with Crippen molar-refractivity contribution >= 4 is 11.9 Å². The second-order valence-electron chi connectivity index (χ2n) is 9.10. The number of carbonyl (C=O) groups excluding carboxylic acids is 2. The number of methoxy groups -OCH3 is 1. The number of nitrogens with zero attached hydrogens (tertiary/aromatic N) is 3. The normalized spacial score (nSPS) is 18.5. The standard InChI is InChI=1S/C26H36N4O3/c1-3-14-29(26(32)27-21-10-5-4-6-11-21)19-24(31)30-17-16-28-15-8-13-23(28)25(30)20-9-7-12-22(18-20)33-2/h7-9,12-13,15,18,21,25H,3-6,10-11,14,16-17,19H2,1-2H3,(H,27,32). The Morgan fingerprint density at radius 3 is 2.70 bits per heavy atom. The third kappa shape index (κ3) is 5.34. The zero-order chi connectivity index (χ0) is 23.2. The van der Waals surface area contributed by atoms with Gasteiger partial charge in [0, 0.05) is 37.6 Å². The number of nitrogens with one attached hydrogen (secondary N) is 1. The highest BCUT2D eigenvalue weighted by Gasteiger charge is 2.33. The fourth-order valence-electron chi connectivity index (χ4n) is 5.10. The number of ether oxygens (including phenoxy) is 1. The van der Waals surface area contributed by atoms with Crippen molar-refractivity contribution in [1.29, 1.82) is 0 Å². The van der Waals surface area contributed by atoms with Gasteiger partial charge in [0.1, 0.15) is 12.3 Å². The van der Waals surface area contributed by atoms with Crippen molar-refractivity contribution in [3.8, 4) is 5.75 Å². The summed E-state index contributed by atoms with van der Waals surface area (Å²) in [4.78, 5) is 30.3. The minimum absolute atomic E-state index is 0.0254. The molecule has 2 heterocycles. The van der Waals surface area contributed by atoms with Gasteiger partial charge in [-0.15, -0.1) is 0 Å². The molecular formula is C26H36N4O3. The van der Waals surface area contributed by atoms with Gasteiger partial charge in [-0.3, -0.25) is 4.79 Å². The van der Waals surface area contributed by atoms with Crippen LogP contribution in [0.15, 0.2) is 42.6 Å². The van der Waals surface area contributed by atoms with E-state index in [9.17, 15) is 9.59 Å². The molecule has 178 valence electrons. The molecule has 0 saturated heterocycles. The topological polar surface area (TPSA) is 66.8 Å². The third-order valence-corrected chi connectivity index (χ3v) is 6.81. The molecule has 2 aromatic rings. The minimum Gasteiger partial charge on any atom is -0.497 e. The van der Waals surface area contributed by atoms with Gasteiger partial charge in [0.2, 0.25) is 5.91 Å². The van der Waals surface area contributed by atoms with E-state index in [1.807, 2.05) is 42.2 Å². The van der Waals surface area contributed by atoms with Crippen molar-refractivity contribution in [1.82, 2.24) is 19.7 Å². The van der Waals surface area contributed by atoms with Crippen LogP contribution in [0.1, 0.15) is 62.7 Å². The van der Waals surface area contributed by atoms with E-state index in [-0.39, 0.29) is 30.6 Å². The van der Waals surface area contributed by atoms with Gasteiger partial charge in [0.05, 0.1) is 13.2 Å². The molecular weight excluding hydrogens is 416 g/mol. The number of carbonyl (C=O) groups is 2. The van der Waals surface area contributed by atoms with Crippen LogP contribution in [0.5, 0.6) is 5.75 Å². The van der Waals surface area contributed by atoms with E-state index >= 15 is 0 Å². The quantitative estimate of drug-likeness (QED) is 0.685. The molecule has 1 aliphatic carbocycles. The van der Waals surface area contributed by atoms with Gasteiger partial charge >= 0.3 is 6.03 Å². The number of benzene rings is 1. The van der Waals surface area contributed by atoms with E-state index in [1.165, 1.54) is 6.42 Å². The van der Waals surface area contributed by atoms with Gasteiger partial charge in [-0.25, -0.2) is 4.79 Å². The van der Waals surface area contributed by atoms with Crippen molar-refractivity contribution < 1.29 is 14.3 Å². The van der Waals surface area contributed by atoms with E-state index in [4.69, 9.17) is 4.74 Å². The van der Waals surface area contributed by atoms with E-state index in [1.54, 1.807) is 12.0 Å². The fourth-order valence-corrected chi connectivity index (χ4v) is 5.10. The molecule has 1 aliphatic heterocycles. The van der Waals surface area contributed by atoms with Crippen LogP contribution < -0.4 is 10.1 Å². The van der Waals surface area contributed by atoms with Crippen LogP contribution in [0.2, 0.25) is 0 Å². The van der Waals surface area contributed by atoms with Gasteiger partial charge in [-0.2, -0.15) is 0 Å². The lowest BCUT2D eigenvalue weighted by atomic mass is 9.96. The number of urea groups is 1. The highest BCUT2D eigenvalue weighted by Crippen LogP contribution is 2.34. The van der Waals surface area contributed by atoms with E-state index in [0.717, 1.165) is 55.7 Å². The van der Waals surface area contributed by atoms with Crippen molar-refractivity contribution in [2.45, 2.75) is 64.1 Å². The maximum atomic E-state index is 13.6. The molecule has 1 aromatic heterocycles. The van der Waals surface area contributed by atoms with Crippen molar-refractivity contribution in [2.24, 2.45) is 0 Å². The van der Waals surface area contributed by atoms with Crippen LogP contribution in [0.4, 0.5) is 4.79 Å². The van der Waals surface area contributed by atoms with Gasteiger partial charge < -0.3 is 24.4 Å². The molecule has 2 aliphatic rings. The van der Waals surface area contributed by atoms with Crippen molar-refractivity contribution in [3.05, 3.63) is 53.9 Å². The summed E-state index contributed by atoms with van der Waals surface area (Å²) in [5.41, 5.74) is 2.09. The molecule has 4 rings (SSSR count). The Balaban J connectivity index is 1.53. The second-order valence-corrected chi connectivity index (χ2v) is 9.10. The van der Waals surface area contributed by atoms with Crippen LogP contribution in [0.3, 0.4) is 0 Å². The number of hydrogen-bond acceptors (Lipinski definition) is 3.